The molecule has 1 amide bonds. The van der Waals surface area contributed by atoms with E-state index in [4.69, 9.17) is 30.8 Å². The van der Waals surface area contributed by atoms with E-state index in [1.54, 1.807) is 18.1 Å². The van der Waals surface area contributed by atoms with Gasteiger partial charge in [0.15, 0.2) is 16.7 Å². The first kappa shape index (κ1) is 27.5. The zero-order chi connectivity index (χ0) is 26.2. The largest absolute Gasteiger partial charge is 0.493 e. The van der Waals surface area contributed by atoms with E-state index < -0.39 is 0 Å². The third-order valence-electron chi connectivity index (χ3n) is 6.27. The van der Waals surface area contributed by atoms with Crippen LogP contribution < -0.4 is 9.47 Å². The summed E-state index contributed by atoms with van der Waals surface area (Å²) < 4.78 is 17.0. The van der Waals surface area contributed by atoms with Crippen molar-refractivity contribution in [2.75, 3.05) is 46.5 Å². The molecule has 198 valence electrons. The van der Waals surface area contributed by atoms with Crippen molar-refractivity contribution in [3.05, 3.63) is 58.0 Å². The number of para-hydroxylation sites is 1. The maximum atomic E-state index is 13.5. The summed E-state index contributed by atoms with van der Waals surface area (Å²) in [5.41, 5.74) is 1.58. The van der Waals surface area contributed by atoms with Crippen LogP contribution in [0.2, 0.25) is 5.02 Å². The van der Waals surface area contributed by atoms with Gasteiger partial charge in [-0.05, 0) is 67.4 Å². The monoisotopic (exact) mass is 543 g/mol. The molecule has 0 saturated carbocycles. The summed E-state index contributed by atoms with van der Waals surface area (Å²) in [6.07, 6.45) is 3.55. The number of ether oxygens (including phenoxy) is 3. The average molecular weight is 544 g/mol. The van der Waals surface area contributed by atoms with Crippen LogP contribution in [0.25, 0.3) is 6.08 Å². The lowest BCUT2D eigenvalue weighted by atomic mass is 10.1. The van der Waals surface area contributed by atoms with Crippen molar-refractivity contribution in [2.45, 2.75) is 32.8 Å². The van der Waals surface area contributed by atoms with Crippen LogP contribution in [0.1, 0.15) is 32.3 Å². The van der Waals surface area contributed by atoms with Crippen LogP contribution in [0.4, 0.5) is 5.69 Å². The third kappa shape index (κ3) is 7.29. The molecule has 0 aliphatic carbocycles. The van der Waals surface area contributed by atoms with Crippen LogP contribution in [0.5, 0.6) is 11.5 Å². The van der Waals surface area contributed by atoms with E-state index in [1.807, 2.05) is 56.3 Å². The number of halogens is 1. The van der Waals surface area contributed by atoms with Crippen molar-refractivity contribution in [1.29, 1.82) is 0 Å². The first-order chi connectivity index (χ1) is 18.0. The van der Waals surface area contributed by atoms with E-state index in [2.05, 4.69) is 4.90 Å². The van der Waals surface area contributed by atoms with Gasteiger partial charge in [-0.2, -0.15) is 0 Å². The number of hydrogen-bond donors (Lipinski definition) is 0. The number of morpholine rings is 1. The lowest BCUT2D eigenvalue weighted by Crippen LogP contribution is -2.38. The quantitative estimate of drug-likeness (QED) is 0.350. The molecular weight excluding hydrogens is 510 g/mol. The first-order valence-corrected chi connectivity index (χ1v) is 13.9. The number of hydrogen-bond acceptors (Lipinski definition) is 7. The van der Waals surface area contributed by atoms with Crippen molar-refractivity contribution in [3.63, 3.8) is 0 Å². The molecule has 2 aliphatic heterocycles. The summed E-state index contributed by atoms with van der Waals surface area (Å²) in [6, 6.07) is 13.4. The molecule has 7 nitrogen and oxygen atoms in total. The van der Waals surface area contributed by atoms with E-state index in [-0.39, 0.29) is 12.0 Å². The first-order valence-electron chi connectivity index (χ1n) is 12.7. The van der Waals surface area contributed by atoms with Crippen LogP contribution in [0, 0.1) is 0 Å². The van der Waals surface area contributed by atoms with Crippen LogP contribution in [-0.4, -0.2) is 73.5 Å². The molecule has 0 spiro atoms. The smallest absolute Gasteiger partial charge is 0.266 e. The number of thioether (sulfide) groups is 1. The average Bonchev–Trinajstić information content (AvgIpc) is 3.19. The van der Waals surface area contributed by atoms with Gasteiger partial charge in [-0.25, -0.2) is 4.99 Å². The van der Waals surface area contributed by atoms with Crippen LogP contribution in [-0.2, 0) is 9.53 Å². The lowest BCUT2D eigenvalue weighted by Gasteiger charge is -2.27. The fourth-order valence-electron chi connectivity index (χ4n) is 4.05. The fraction of sp³-hybridized carbons (Fsp3) is 0.429. The van der Waals surface area contributed by atoms with Crippen LogP contribution in [0.3, 0.4) is 0 Å². The Morgan fingerprint density at radius 1 is 1.19 bits per heavy atom. The van der Waals surface area contributed by atoms with E-state index in [1.165, 1.54) is 11.8 Å². The van der Waals surface area contributed by atoms with Gasteiger partial charge in [0, 0.05) is 26.2 Å². The summed E-state index contributed by atoms with van der Waals surface area (Å²) in [6.45, 7) is 8.93. The molecule has 2 heterocycles. The lowest BCUT2D eigenvalue weighted by molar-refractivity contribution is -0.122. The predicted molar refractivity (Wildman–Crippen MR) is 151 cm³/mol. The van der Waals surface area contributed by atoms with Crippen molar-refractivity contribution in [3.8, 4) is 11.5 Å². The predicted octanol–water partition coefficient (Wildman–Crippen LogP) is 5.85. The normalized spacial score (nSPS) is 19.6. The number of benzene rings is 2. The van der Waals surface area contributed by atoms with Gasteiger partial charge in [0.25, 0.3) is 5.91 Å². The molecule has 0 radical (unpaired) electrons. The van der Waals surface area contributed by atoms with E-state index >= 15 is 0 Å². The molecule has 2 aromatic rings. The summed E-state index contributed by atoms with van der Waals surface area (Å²) in [4.78, 5) is 23.1. The van der Waals surface area contributed by atoms with Gasteiger partial charge in [0.2, 0.25) is 0 Å². The van der Waals surface area contributed by atoms with E-state index in [0.29, 0.717) is 33.1 Å². The minimum atomic E-state index is -0.0586. The highest BCUT2D eigenvalue weighted by atomic mass is 35.5. The SMILES string of the molecule is CC[C@H](C)Oc1c(Cl)cc(/C=C2\SC(=Nc3ccccc3)N(CCCN3CCOCC3)C2=O)cc1OC. The Hall–Kier alpha value is -2.52. The van der Waals surface area contributed by atoms with Gasteiger partial charge in [0.05, 0.1) is 42.0 Å². The highest BCUT2D eigenvalue weighted by Gasteiger charge is 2.33. The minimum absolute atomic E-state index is 0.00495. The Kier molecular flexibility index (Phi) is 9.91. The molecule has 0 aromatic heterocycles. The zero-order valence-corrected chi connectivity index (χ0v) is 23.2. The minimum Gasteiger partial charge on any atom is -0.493 e. The molecule has 1 atom stereocenters. The topological polar surface area (TPSA) is 63.6 Å². The second kappa shape index (κ2) is 13.3. The molecule has 2 aromatic carbocycles. The number of carbonyl (C=O) groups excluding carboxylic acids is 1. The van der Waals surface area contributed by atoms with E-state index in [0.717, 1.165) is 56.9 Å². The zero-order valence-electron chi connectivity index (χ0n) is 21.6. The second-order valence-corrected chi connectivity index (χ2v) is 10.4. The third-order valence-corrected chi connectivity index (χ3v) is 7.56. The van der Waals surface area contributed by atoms with Crippen molar-refractivity contribution < 1.29 is 19.0 Å². The van der Waals surface area contributed by atoms with Gasteiger partial charge in [-0.1, -0.05) is 36.7 Å². The molecule has 0 unspecified atom stereocenters. The molecule has 0 N–H and O–H groups in total. The number of amides is 1. The standard InChI is InChI=1S/C28H34ClN3O4S/c1-4-20(2)36-26-23(29)17-21(18-24(26)34-3)19-25-27(33)32(12-8-11-31-13-15-35-16-14-31)28(37-25)30-22-9-6-5-7-10-22/h5-7,9-10,17-20H,4,8,11-16H2,1-3H3/b25-19-,30-28?/t20-/m0/s1. The van der Waals surface area contributed by atoms with Crippen molar-refractivity contribution >= 4 is 46.2 Å². The van der Waals surface area contributed by atoms with Crippen molar-refractivity contribution in [2.24, 2.45) is 4.99 Å². The van der Waals surface area contributed by atoms with Gasteiger partial charge < -0.3 is 14.2 Å². The van der Waals surface area contributed by atoms with E-state index in [9.17, 15) is 4.79 Å². The molecular formula is C28H34ClN3O4S. The Morgan fingerprint density at radius 2 is 1.95 bits per heavy atom. The summed E-state index contributed by atoms with van der Waals surface area (Å²) in [5.74, 6) is 0.995. The van der Waals surface area contributed by atoms with Gasteiger partial charge in [-0.3, -0.25) is 14.6 Å². The van der Waals surface area contributed by atoms with Crippen LogP contribution >= 0.6 is 23.4 Å². The second-order valence-electron chi connectivity index (χ2n) is 8.98. The molecule has 37 heavy (non-hydrogen) atoms. The molecule has 0 bridgehead atoms. The summed E-state index contributed by atoms with van der Waals surface area (Å²) in [5, 5.41) is 1.13. The van der Waals surface area contributed by atoms with Gasteiger partial charge in [0.1, 0.15) is 0 Å². The number of carbonyl (C=O) groups is 1. The highest BCUT2D eigenvalue weighted by molar-refractivity contribution is 8.18. The molecule has 2 fully saturated rings. The number of nitrogens with zero attached hydrogens (tertiary/aromatic N) is 3. The Balaban J connectivity index is 1.57. The van der Waals surface area contributed by atoms with Crippen LogP contribution in [0.15, 0.2) is 52.4 Å². The summed E-state index contributed by atoms with van der Waals surface area (Å²) in [7, 11) is 1.59. The summed E-state index contributed by atoms with van der Waals surface area (Å²) >= 11 is 7.95. The molecule has 2 saturated heterocycles. The number of amidine groups is 1. The highest BCUT2D eigenvalue weighted by Crippen LogP contribution is 2.40. The van der Waals surface area contributed by atoms with Crippen molar-refractivity contribution in [1.82, 2.24) is 9.80 Å². The molecule has 2 aliphatic rings. The Morgan fingerprint density at radius 3 is 2.65 bits per heavy atom. The maximum absolute atomic E-state index is 13.5. The number of aliphatic imine (C=N–C) groups is 1. The fourth-order valence-corrected chi connectivity index (χ4v) is 5.34. The van der Waals surface area contributed by atoms with Gasteiger partial charge >= 0.3 is 0 Å². The Labute approximate surface area is 228 Å². The molecule has 4 rings (SSSR count). The molecule has 9 heteroatoms. The number of rotatable bonds is 10. The maximum Gasteiger partial charge on any atom is 0.266 e. The Bertz CT molecular complexity index is 1140. The number of methoxy groups -OCH3 is 1. The van der Waals surface area contributed by atoms with Gasteiger partial charge in [-0.15, -0.1) is 0 Å².